The fourth-order valence-electron chi connectivity index (χ4n) is 2.95. The third-order valence-corrected chi connectivity index (χ3v) is 4.12. The van der Waals surface area contributed by atoms with Gasteiger partial charge in [0.15, 0.2) is 0 Å². The first-order valence-corrected chi connectivity index (χ1v) is 7.71. The number of benzene rings is 1. The molecular weight excluding hydrogens is 250 g/mol. The zero-order valence-corrected chi connectivity index (χ0v) is 12.7. The second-order valence-electron chi connectivity index (χ2n) is 6.28. The molecule has 0 aliphatic heterocycles. The molecule has 112 valence electrons. The molecule has 20 heavy (non-hydrogen) atoms. The van der Waals surface area contributed by atoms with Crippen molar-refractivity contribution in [3.8, 4) is 5.75 Å². The highest BCUT2D eigenvalue weighted by molar-refractivity contribution is 5.27. The average molecular weight is 277 g/mol. The second-order valence-corrected chi connectivity index (χ2v) is 6.28. The van der Waals surface area contributed by atoms with Crippen molar-refractivity contribution < 1.29 is 9.84 Å². The molecule has 2 rings (SSSR count). The van der Waals surface area contributed by atoms with Crippen LogP contribution in [0.3, 0.4) is 0 Å². The minimum absolute atomic E-state index is 0.126. The molecule has 0 spiro atoms. The molecule has 1 aromatic carbocycles. The van der Waals surface area contributed by atoms with Gasteiger partial charge >= 0.3 is 0 Å². The Morgan fingerprint density at radius 3 is 2.40 bits per heavy atom. The molecule has 1 aromatic rings. The predicted molar refractivity (Wildman–Crippen MR) is 81.9 cm³/mol. The van der Waals surface area contributed by atoms with Gasteiger partial charge in [-0.05, 0) is 44.4 Å². The Kier molecular flexibility index (Phi) is 5.44. The molecule has 0 unspecified atom stereocenters. The lowest BCUT2D eigenvalue weighted by molar-refractivity contribution is 0.128. The fourth-order valence-corrected chi connectivity index (χ4v) is 2.95. The Bertz CT molecular complexity index is 394. The van der Waals surface area contributed by atoms with Gasteiger partial charge in [-0.3, -0.25) is 0 Å². The number of hydrogen-bond donors (Lipinski definition) is 2. The molecule has 0 aromatic heterocycles. The number of ether oxygens (including phenoxy) is 1. The highest BCUT2D eigenvalue weighted by Crippen LogP contribution is 2.36. The lowest BCUT2D eigenvalue weighted by Gasteiger charge is -2.26. The summed E-state index contributed by atoms with van der Waals surface area (Å²) in [5.41, 5.74) is 1.38. The Hall–Kier alpha value is -1.06. The van der Waals surface area contributed by atoms with Crippen LogP contribution in [0.5, 0.6) is 5.75 Å². The molecule has 1 saturated carbocycles. The first kappa shape index (κ1) is 15.3. The van der Waals surface area contributed by atoms with Gasteiger partial charge in [-0.1, -0.05) is 25.0 Å². The van der Waals surface area contributed by atoms with E-state index in [0.29, 0.717) is 6.61 Å². The number of nitrogens with one attached hydrogen (secondary N) is 1. The molecule has 0 amide bonds. The van der Waals surface area contributed by atoms with Crippen molar-refractivity contribution in [2.45, 2.75) is 52.2 Å². The maximum absolute atomic E-state index is 9.58. The van der Waals surface area contributed by atoms with Crippen molar-refractivity contribution in [2.24, 2.45) is 5.41 Å². The van der Waals surface area contributed by atoms with Crippen LogP contribution in [0.4, 0.5) is 0 Å². The van der Waals surface area contributed by atoms with Gasteiger partial charge in [0.05, 0.1) is 6.10 Å². The third kappa shape index (κ3) is 4.22. The van der Waals surface area contributed by atoms with E-state index in [1.807, 2.05) is 26.0 Å². The van der Waals surface area contributed by atoms with Crippen molar-refractivity contribution in [3.63, 3.8) is 0 Å². The number of aliphatic hydroxyl groups excluding tert-OH is 1. The van der Waals surface area contributed by atoms with Gasteiger partial charge in [0, 0.05) is 25.1 Å². The molecule has 0 bridgehead atoms. The minimum Gasteiger partial charge on any atom is -0.491 e. The molecule has 2 N–H and O–H groups in total. The van der Waals surface area contributed by atoms with Crippen molar-refractivity contribution in [1.29, 1.82) is 0 Å². The van der Waals surface area contributed by atoms with Crippen LogP contribution in [0.2, 0.25) is 0 Å². The summed E-state index contributed by atoms with van der Waals surface area (Å²) in [5, 5.41) is 13.1. The van der Waals surface area contributed by atoms with Crippen molar-refractivity contribution in [3.05, 3.63) is 29.8 Å². The number of aliphatic hydroxyl groups is 1. The van der Waals surface area contributed by atoms with Crippen LogP contribution < -0.4 is 10.1 Å². The quantitative estimate of drug-likeness (QED) is 0.804. The first-order chi connectivity index (χ1) is 9.63. The summed E-state index contributed by atoms with van der Waals surface area (Å²) in [7, 11) is 0. The van der Waals surface area contributed by atoms with Gasteiger partial charge in [0.1, 0.15) is 5.75 Å². The van der Waals surface area contributed by atoms with Crippen molar-refractivity contribution in [2.75, 3.05) is 13.2 Å². The van der Waals surface area contributed by atoms with E-state index in [-0.39, 0.29) is 11.5 Å². The normalized spacial score (nSPS) is 17.6. The molecule has 1 fully saturated rings. The monoisotopic (exact) mass is 277 g/mol. The molecule has 3 nitrogen and oxygen atoms in total. The molecule has 1 aliphatic carbocycles. The largest absolute Gasteiger partial charge is 0.491 e. The lowest BCUT2D eigenvalue weighted by atomic mass is 9.87. The van der Waals surface area contributed by atoms with Crippen LogP contribution >= 0.6 is 0 Å². The van der Waals surface area contributed by atoms with Gasteiger partial charge in [-0.2, -0.15) is 0 Å². The van der Waals surface area contributed by atoms with E-state index in [4.69, 9.17) is 4.74 Å². The summed E-state index contributed by atoms with van der Waals surface area (Å²) in [5.74, 6) is 0.923. The molecule has 1 aliphatic rings. The number of rotatable bonds is 7. The van der Waals surface area contributed by atoms with Crippen LogP contribution in [0.1, 0.15) is 45.1 Å². The molecule has 0 saturated heterocycles. The predicted octanol–water partition coefficient (Wildman–Crippen LogP) is 3.12. The van der Waals surface area contributed by atoms with Crippen LogP contribution in [0.25, 0.3) is 0 Å². The highest BCUT2D eigenvalue weighted by Gasteiger charge is 2.32. The van der Waals surface area contributed by atoms with Crippen molar-refractivity contribution >= 4 is 0 Å². The van der Waals surface area contributed by atoms with E-state index >= 15 is 0 Å². The smallest absolute Gasteiger partial charge is 0.119 e. The van der Waals surface area contributed by atoms with E-state index in [9.17, 15) is 5.11 Å². The van der Waals surface area contributed by atoms with Gasteiger partial charge in [0.25, 0.3) is 0 Å². The van der Waals surface area contributed by atoms with Gasteiger partial charge in [0.2, 0.25) is 0 Å². The van der Waals surface area contributed by atoms with Crippen LogP contribution in [0, 0.1) is 5.41 Å². The standard InChI is InChI=1S/C17H27NO2/c1-14(2)20-16-7-5-15(6-8-16)11-18-12-17(13-19)9-3-4-10-17/h5-8,14,18-19H,3-4,9-13H2,1-2H3. The Balaban J connectivity index is 1.79. The Morgan fingerprint density at radius 2 is 1.85 bits per heavy atom. The molecule has 0 radical (unpaired) electrons. The fraction of sp³-hybridized carbons (Fsp3) is 0.647. The summed E-state index contributed by atoms with van der Waals surface area (Å²) in [6, 6.07) is 8.25. The summed E-state index contributed by atoms with van der Waals surface area (Å²) >= 11 is 0. The topological polar surface area (TPSA) is 41.5 Å². The minimum atomic E-state index is 0.126. The average Bonchev–Trinajstić information content (AvgIpc) is 2.90. The Labute approximate surface area is 122 Å². The van der Waals surface area contributed by atoms with E-state index in [1.165, 1.54) is 18.4 Å². The lowest BCUT2D eigenvalue weighted by Crippen LogP contribution is -2.34. The number of hydrogen-bond acceptors (Lipinski definition) is 3. The molecule has 3 heteroatoms. The van der Waals surface area contributed by atoms with Crippen molar-refractivity contribution in [1.82, 2.24) is 5.32 Å². The summed E-state index contributed by atoms with van der Waals surface area (Å²) in [6.45, 7) is 6.13. The van der Waals surface area contributed by atoms with Gasteiger partial charge in [-0.25, -0.2) is 0 Å². The molecule has 0 heterocycles. The van der Waals surface area contributed by atoms with E-state index in [0.717, 1.165) is 31.7 Å². The second kappa shape index (κ2) is 7.09. The summed E-state index contributed by atoms with van der Waals surface area (Å²) in [6.07, 6.45) is 5.02. The molecule has 0 atom stereocenters. The zero-order chi connectivity index (χ0) is 14.4. The van der Waals surface area contributed by atoms with E-state index in [2.05, 4.69) is 17.4 Å². The van der Waals surface area contributed by atoms with E-state index in [1.54, 1.807) is 0 Å². The first-order valence-electron chi connectivity index (χ1n) is 7.71. The van der Waals surface area contributed by atoms with Gasteiger partial charge < -0.3 is 15.2 Å². The zero-order valence-electron chi connectivity index (χ0n) is 12.7. The van der Waals surface area contributed by atoms with E-state index < -0.39 is 0 Å². The van der Waals surface area contributed by atoms with Gasteiger partial charge in [-0.15, -0.1) is 0 Å². The summed E-state index contributed by atoms with van der Waals surface area (Å²) < 4.78 is 5.63. The van der Waals surface area contributed by atoms with Crippen LogP contribution in [-0.2, 0) is 6.54 Å². The maximum Gasteiger partial charge on any atom is 0.119 e. The third-order valence-electron chi connectivity index (χ3n) is 4.12. The van der Waals surface area contributed by atoms with Crippen LogP contribution in [-0.4, -0.2) is 24.4 Å². The highest BCUT2D eigenvalue weighted by atomic mass is 16.5. The maximum atomic E-state index is 9.58. The van der Waals surface area contributed by atoms with Crippen LogP contribution in [0.15, 0.2) is 24.3 Å². The SMILES string of the molecule is CC(C)Oc1ccc(CNCC2(CO)CCCC2)cc1. The molecular formula is C17H27NO2. The summed E-state index contributed by atoms with van der Waals surface area (Å²) in [4.78, 5) is 0. The Morgan fingerprint density at radius 1 is 1.20 bits per heavy atom.